The Morgan fingerprint density at radius 2 is 1.67 bits per heavy atom. The molecule has 0 radical (unpaired) electrons. The van der Waals surface area contributed by atoms with Crippen LogP contribution < -0.4 is 14.5 Å². The second-order valence-corrected chi connectivity index (χ2v) is 4.86. The minimum atomic E-state index is 0.675. The van der Waals surface area contributed by atoms with Gasteiger partial charge in [-0.15, -0.1) is 0 Å². The van der Waals surface area contributed by atoms with E-state index in [4.69, 9.17) is 4.74 Å². The van der Waals surface area contributed by atoms with Crippen LogP contribution in [0.1, 0.15) is 5.82 Å². The van der Waals surface area contributed by atoms with Crippen molar-refractivity contribution in [3.63, 3.8) is 0 Å². The number of aryl methyl sites for hydroxylation is 1. The van der Waals surface area contributed by atoms with Gasteiger partial charge in [0, 0.05) is 32.4 Å². The summed E-state index contributed by atoms with van der Waals surface area (Å²) in [6.45, 7) is 5.44. The summed E-state index contributed by atoms with van der Waals surface area (Å²) in [6.07, 6.45) is 5.20. The van der Waals surface area contributed by atoms with Crippen LogP contribution >= 0.6 is 0 Å². The van der Waals surface area contributed by atoms with Crippen LogP contribution in [0, 0.1) is 6.92 Å². The molecule has 1 aliphatic heterocycles. The first-order chi connectivity index (χ1) is 10.3. The first kappa shape index (κ1) is 13.5. The van der Waals surface area contributed by atoms with Gasteiger partial charge in [0.2, 0.25) is 5.95 Å². The van der Waals surface area contributed by atoms with Gasteiger partial charge in [-0.25, -0.2) is 19.9 Å². The predicted octanol–water partition coefficient (Wildman–Crippen LogP) is 0.910. The second kappa shape index (κ2) is 5.90. The fourth-order valence-electron chi connectivity index (χ4n) is 2.33. The van der Waals surface area contributed by atoms with Crippen LogP contribution in [-0.2, 0) is 0 Å². The molecule has 2 aromatic heterocycles. The summed E-state index contributed by atoms with van der Waals surface area (Å²) in [5.74, 6) is 3.20. The average Bonchev–Trinajstić information content (AvgIpc) is 2.55. The number of rotatable bonds is 3. The zero-order valence-electron chi connectivity index (χ0n) is 12.2. The molecule has 0 aliphatic carbocycles. The third-order valence-electron chi connectivity index (χ3n) is 3.50. The van der Waals surface area contributed by atoms with Crippen molar-refractivity contribution >= 4 is 11.8 Å². The quantitative estimate of drug-likeness (QED) is 0.830. The largest absolute Gasteiger partial charge is 0.494 e. The highest BCUT2D eigenvalue weighted by molar-refractivity contribution is 5.41. The molecule has 1 fully saturated rings. The number of piperazine rings is 1. The molecule has 2 aromatic rings. The smallest absolute Gasteiger partial charge is 0.225 e. The molecule has 110 valence electrons. The fourth-order valence-corrected chi connectivity index (χ4v) is 2.33. The number of aromatic nitrogens is 4. The van der Waals surface area contributed by atoms with Crippen LogP contribution in [0.15, 0.2) is 24.7 Å². The number of anilines is 2. The Bertz CT molecular complexity index is 595. The number of methoxy groups -OCH3 is 1. The topological polar surface area (TPSA) is 67.3 Å². The molecular weight excluding hydrogens is 268 g/mol. The maximum Gasteiger partial charge on any atom is 0.225 e. The number of nitrogens with zero attached hydrogens (tertiary/aromatic N) is 6. The third-order valence-corrected chi connectivity index (χ3v) is 3.50. The summed E-state index contributed by atoms with van der Waals surface area (Å²) in [4.78, 5) is 21.7. The Kier molecular flexibility index (Phi) is 3.81. The maximum atomic E-state index is 5.08. The van der Waals surface area contributed by atoms with Gasteiger partial charge < -0.3 is 14.5 Å². The van der Waals surface area contributed by atoms with E-state index < -0.39 is 0 Å². The van der Waals surface area contributed by atoms with Crippen molar-refractivity contribution in [1.82, 2.24) is 19.9 Å². The number of hydrogen-bond donors (Lipinski definition) is 0. The summed E-state index contributed by atoms with van der Waals surface area (Å²) < 4.78 is 5.08. The van der Waals surface area contributed by atoms with E-state index in [0.717, 1.165) is 43.8 Å². The van der Waals surface area contributed by atoms with Gasteiger partial charge in [-0.1, -0.05) is 0 Å². The molecule has 0 N–H and O–H groups in total. The molecule has 0 aromatic carbocycles. The zero-order chi connectivity index (χ0) is 14.7. The molecule has 0 spiro atoms. The van der Waals surface area contributed by atoms with Gasteiger partial charge in [0.25, 0.3) is 0 Å². The lowest BCUT2D eigenvalue weighted by Gasteiger charge is -2.35. The van der Waals surface area contributed by atoms with E-state index in [1.54, 1.807) is 25.7 Å². The molecule has 21 heavy (non-hydrogen) atoms. The molecule has 7 heteroatoms. The van der Waals surface area contributed by atoms with Crippen molar-refractivity contribution in [2.75, 3.05) is 43.1 Å². The summed E-state index contributed by atoms with van der Waals surface area (Å²) in [5.41, 5.74) is 0. The fraction of sp³-hybridized carbons (Fsp3) is 0.429. The highest BCUT2D eigenvalue weighted by Crippen LogP contribution is 2.17. The van der Waals surface area contributed by atoms with E-state index >= 15 is 0 Å². The SMILES string of the molecule is COc1cnc(N2CCN(c3ccnc(C)n3)CC2)nc1. The standard InChI is InChI=1S/C14H18N6O/c1-11-15-4-3-13(18-11)19-5-7-20(8-6-19)14-16-9-12(21-2)10-17-14/h3-4,9-10H,5-8H2,1-2H3. The zero-order valence-corrected chi connectivity index (χ0v) is 12.2. The Morgan fingerprint density at radius 3 is 2.29 bits per heavy atom. The van der Waals surface area contributed by atoms with E-state index in [-0.39, 0.29) is 0 Å². The summed E-state index contributed by atoms with van der Waals surface area (Å²) in [5, 5.41) is 0. The monoisotopic (exact) mass is 286 g/mol. The number of hydrogen-bond acceptors (Lipinski definition) is 7. The molecule has 0 amide bonds. The van der Waals surface area contributed by atoms with Crippen LogP contribution in [0.4, 0.5) is 11.8 Å². The Labute approximate surface area is 123 Å². The van der Waals surface area contributed by atoms with Gasteiger partial charge in [-0.2, -0.15) is 0 Å². The van der Waals surface area contributed by atoms with Crippen LogP contribution in [-0.4, -0.2) is 53.2 Å². The van der Waals surface area contributed by atoms with Crippen molar-refractivity contribution in [2.24, 2.45) is 0 Å². The van der Waals surface area contributed by atoms with Gasteiger partial charge in [-0.05, 0) is 13.0 Å². The van der Waals surface area contributed by atoms with E-state index in [9.17, 15) is 0 Å². The Balaban J connectivity index is 1.64. The minimum Gasteiger partial charge on any atom is -0.494 e. The van der Waals surface area contributed by atoms with Crippen molar-refractivity contribution < 1.29 is 4.74 Å². The van der Waals surface area contributed by atoms with Crippen LogP contribution in [0.3, 0.4) is 0 Å². The molecule has 0 saturated carbocycles. The molecule has 3 heterocycles. The van der Waals surface area contributed by atoms with E-state index in [0.29, 0.717) is 5.75 Å². The van der Waals surface area contributed by atoms with Gasteiger partial charge in [-0.3, -0.25) is 0 Å². The molecule has 3 rings (SSSR count). The lowest BCUT2D eigenvalue weighted by molar-refractivity contribution is 0.410. The van der Waals surface area contributed by atoms with Crippen LogP contribution in [0.25, 0.3) is 0 Å². The Hall–Kier alpha value is -2.44. The normalized spacial score (nSPS) is 15.1. The first-order valence-corrected chi connectivity index (χ1v) is 6.92. The maximum absolute atomic E-state index is 5.08. The summed E-state index contributed by atoms with van der Waals surface area (Å²) in [6, 6.07) is 1.95. The van der Waals surface area contributed by atoms with Gasteiger partial charge in [0.1, 0.15) is 11.6 Å². The first-order valence-electron chi connectivity index (χ1n) is 6.92. The molecule has 0 bridgehead atoms. The summed E-state index contributed by atoms with van der Waals surface area (Å²) in [7, 11) is 1.61. The van der Waals surface area contributed by atoms with E-state index in [1.807, 2.05) is 13.0 Å². The predicted molar refractivity (Wildman–Crippen MR) is 79.8 cm³/mol. The van der Waals surface area contributed by atoms with Crippen molar-refractivity contribution in [3.05, 3.63) is 30.5 Å². The van der Waals surface area contributed by atoms with Gasteiger partial charge in [0.15, 0.2) is 5.75 Å². The minimum absolute atomic E-state index is 0.675. The van der Waals surface area contributed by atoms with Crippen LogP contribution in [0.2, 0.25) is 0 Å². The van der Waals surface area contributed by atoms with Crippen molar-refractivity contribution in [3.8, 4) is 5.75 Å². The van der Waals surface area contributed by atoms with Gasteiger partial charge in [0.05, 0.1) is 19.5 Å². The highest BCUT2D eigenvalue weighted by Gasteiger charge is 2.20. The lowest BCUT2D eigenvalue weighted by atomic mass is 10.3. The average molecular weight is 286 g/mol. The summed E-state index contributed by atoms with van der Waals surface area (Å²) >= 11 is 0. The Morgan fingerprint density at radius 1 is 1.00 bits per heavy atom. The van der Waals surface area contributed by atoms with Gasteiger partial charge >= 0.3 is 0 Å². The lowest BCUT2D eigenvalue weighted by Crippen LogP contribution is -2.47. The van der Waals surface area contributed by atoms with Crippen molar-refractivity contribution in [1.29, 1.82) is 0 Å². The second-order valence-electron chi connectivity index (χ2n) is 4.86. The molecular formula is C14H18N6O. The molecule has 1 aliphatic rings. The van der Waals surface area contributed by atoms with E-state index in [2.05, 4.69) is 29.7 Å². The molecule has 0 unspecified atom stereocenters. The van der Waals surface area contributed by atoms with Crippen molar-refractivity contribution in [2.45, 2.75) is 6.92 Å². The molecule has 7 nitrogen and oxygen atoms in total. The molecule has 0 atom stereocenters. The molecule has 1 saturated heterocycles. The van der Waals surface area contributed by atoms with Crippen LogP contribution in [0.5, 0.6) is 5.75 Å². The van der Waals surface area contributed by atoms with E-state index in [1.165, 1.54) is 0 Å². The number of ether oxygens (including phenoxy) is 1. The third kappa shape index (κ3) is 3.01. The highest BCUT2D eigenvalue weighted by atomic mass is 16.5.